The average Bonchev–Trinajstić information content (AvgIpc) is 3.24. The lowest BCUT2D eigenvalue weighted by molar-refractivity contribution is -0.152. The minimum atomic E-state index is -0.928. The number of aliphatic carboxylic acids is 1. The number of aromatic amines is 1. The third-order valence-corrected chi connectivity index (χ3v) is 7.60. The van der Waals surface area contributed by atoms with E-state index >= 15 is 0 Å². The third kappa shape index (κ3) is 5.18. The van der Waals surface area contributed by atoms with E-state index in [0.717, 1.165) is 28.1 Å². The normalized spacial score (nSPS) is 15.8. The van der Waals surface area contributed by atoms with E-state index in [2.05, 4.69) is 20.4 Å². The van der Waals surface area contributed by atoms with Crippen LogP contribution in [0.25, 0.3) is 0 Å². The van der Waals surface area contributed by atoms with Crippen LogP contribution in [-0.4, -0.2) is 44.2 Å². The Morgan fingerprint density at radius 1 is 1.20 bits per heavy atom. The molecule has 0 radical (unpaired) electrons. The van der Waals surface area contributed by atoms with Crippen molar-refractivity contribution in [3.8, 4) is 0 Å². The Kier molecular flexibility index (Phi) is 7.15. The number of likely N-dealkylation sites (tertiary alicyclic amines) is 1. The molecule has 1 aliphatic heterocycles. The number of H-pyrrole nitrogens is 1. The number of aromatic nitrogens is 3. The van der Waals surface area contributed by atoms with Crippen molar-refractivity contribution >= 4 is 29.2 Å². The molecule has 0 saturated carbocycles. The highest BCUT2D eigenvalue weighted by molar-refractivity contribution is 6.30. The predicted molar refractivity (Wildman–Crippen MR) is 135 cm³/mol. The first kappa shape index (κ1) is 25.1. The molecule has 4 rings (SSSR count). The number of piperidine rings is 1. The molecule has 1 aliphatic rings. The zero-order chi connectivity index (χ0) is 25.3. The first-order valence-corrected chi connectivity index (χ1v) is 12.1. The van der Waals surface area contributed by atoms with Gasteiger partial charge in [0.1, 0.15) is 11.6 Å². The summed E-state index contributed by atoms with van der Waals surface area (Å²) < 4.78 is 14.4. The molecule has 186 valence electrons. The molecule has 0 bridgehead atoms. The lowest BCUT2D eigenvalue weighted by Gasteiger charge is -2.39. The molecule has 3 N–H and O–H groups in total. The fourth-order valence-corrected chi connectivity index (χ4v) is 4.91. The van der Waals surface area contributed by atoms with Crippen molar-refractivity contribution in [1.29, 1.82) is 0 Å². The summed E-state index contributed by atoms with van der Waals surface area (Å²) in [4.78, 5) is 19.5. The molecule has 0 spiro atoms. The lowest BCUT2D eigenvalue weighted by Crippen LogP contribution is -2.45. The third-order valence-electron chi connectivity index (χ3n) is 7.31. The number of pyridine rings is 1. The number of hydrogen-bond acceptors (Lipinski definition) is 5. The monoisotopic (exact) mass is 499 g/mol. The maximum absolute atomic E-state index is 14.4. The number of benzene rings is 1. The maximum Gasteiger partial charge on any atom is 0.310 e. The molecular weight excluding hydrogens is 469 g/mol. The van der Waals surface area contributed by atoms with Crippen LogP contribution in [0.15, 0.2) is 24.3 Å². The van der Waals surface area contributed by atoms with E-state index in [-0.39, 0.29) is 5.02 Å². The Morgan fingerprint density at radius 3 is 2.54 bits per heavy atom. The summed E-state index contributed by atoms with van der Waals surface area (Å²) >= 11 is 5.92. The largest absolute Gasteiger partial charge is 0.481 e. The Hall–Kier alpha value is -2.97. The second kappa shape index (κ2) is 9.95. The zero-order valence-electron chi connectivity index (χ0n) is 20.5. The van der Waals surface area contributed by atoms with Gasteiger partial charge in [-0.1, -0.05) is 23.7 Å². The Bertz CT molecular complexity index is 1250. The fourth-order valence-electron chi connectivity index (χ4n) is 4.71. The van der Waals surface area contributed by atoms with Gasteiger partial charge in [0.05, 0.1) is 10.4 Å². The molecule has 2 aromatic heterocycles. The van der Waals surface area contributed by atoms with Crippen molar-refractivity contribution in [3.05, 3.63) is 68.7 Å². The summed E-state index contributed by atoms with van der Waals surface area (Å²) in [6, 6.07) is 6.88. The van der Waals surface area contributed by atoms with E-state index in [9.17, 15) is 14.3 Å². The quantitative estimate of drug-likeness (QED) is 0.398. The molecule has 9 heteroatoms. The van der Waals surface area contributed by atoms with Crippen molar-refractivity contribution in [2.75, 3.05) is 18.4 Å². The maximum atomic E-state index is 14.4. The highest BCUT2D eigenvalue weighted by Gasteiger charge is 2.42. The summed E-state index contributed by atoms with van der Waals surface area (Å²) in [5.74, 6) is 0.125. The number of hydrogen-bond donors (Lipinski definition) is 3. The minimum absolute atomic E-state index is 0.102. The van der Waals surface area contributed by atoms with Crippen LogP contribution in [0.1, 0.15) is 46.5 Å². The van der Waals surface area contributed by atoms with E-state index in [1.165, 1.54) is 6.07 Å². The lowest BCUT2D eigenvalue weighted by atomic mass is 9.74. The van der Waals surface area contributed by atoms with E-state index < -0.39 is 17.2 Å². The summed E-state index contributed by atoms with van der Waals surface area (Å²) in [5, 5.41) is 20.8. The topological polar surface area (TPSA) is 94.1 Å². The molecule has 0 unspecified atom stereocenters. The summed E-state index contributed by atoms with van der Waals surface area (Å²) in [6.45, 7) is 9.47. The van der Waals surface area contributed by atoms with Crippen LogP contribution in [0.5, 0.6) is 0 Å². The van der Waals surface area contributed by atoms with E-state index in [1.54, 1.807) is 12.1 Å². The van der Waals surface area contributed by atoms with Crippen LogP contribution >= 0.6 is 11.6 Å². The second-order valence-electron chi connectivity index (χ2n) is 9.59. The Balaban J connectivity index is 1.54. The molecule has 0 amide bonds. The first-order chi connectivity index (χ1) is 16.6. The van der Waals surface area contributed by atoms with Gasteiger partial charge in [-0.15, -0.1) is 0 Å². The standard InChI is InChI=1S/C26H31ClFN5O2/c1-15-12-22(32-31-15)30-24-18(4)16(2)17(3)21(29-24)13-26(25(34)35)8-10-33(11-9-26)14-19-6-5-7-20(27)23(19)28/h5-7,12H,8-11,13-14H2,1-4H3,(H,34,35)(H2,29,30,31,32). The van der Waals surface area contributed by atoms with Gasteiger partial charge in [0.15, 0.2) is 5.82 Å². The molecule has 1 saturated heterocycles. The van der Waals surface area contributed by atoms with Crippen molar-refractivity contribution in [2.45, 2.75) is 53.5 Å². The van der Waals surface area contributed by atoms with Crippen LogP contribution in [0.3, 0.4) is 0 Å². The molecule has 35 heavy (non-hydrogen) atoms. The van der Waals surface area contributed by atoms with Gasteiger partial charge in [-0.2, -0.15) is 5.10 Å². The molecule has 1 fully saturated rings. The number of aryl methyl sites for hydroxylation is 1. The SMILES string of the molecule is Cc1cc(Nc2nc(CC3(C(=O)O)CCN(Cc4cccc(Cl)c4F)CC3)c(C)c(C)c2C)n[nH]1. The number of nitrogens with zero attached hydrogens (tertiary/aromatic N) is 3. The summed E-state index contributed by atoms with van der Waals surface area (Å²) in [5.41, 5.74) is 4.41. The molecule has 0 aliphatic carbocycles. The van der Waals surface area contributed by atoms with Crippen molar-refractivity contribution in [2.24, 2.45) is 5.41 Å². The van der Waals surface area contributed by atoms with Gasteiger partial charge < -0.3 is 10.4 Å². The molecular formula is C26H31ClFN5O2. The molecule has 0 atom stereocenters. The van der Waals surface area contributed by atoms with Crippen molar-refractivity contribution < 1.29 is 14.3 Å². The molecule has 3 heterocycles. The molecule has 3 aromatic rings. The summed E-state index contributed by atoms with van der Waals surface area (Å²) in [6.07, 6.45) is 1.25. The average molecular weight is 500 g/mol. The van der Waals surface area contributed by atoms with Gasteiger partial charge in [-0.3, -0.25) is 14.8 Å². The highest BCUT2D eigenvalue weighted by Crippen LogP contribution is 2.38. The van der Waals surface area contributed by atoms with E-state index in [0.29, 0.717) is 56.1 Å². The number of rotatable bonds is 7. The Morgan fingerprint density at radius 2 is 1.91 bits per heavy atom. The first-order valence-electron chi connectivity index (χ1n) is 11.7. The van der Waals surface area contributed by atoms with Gasteiger partial charge in [-0.05, 0) is 76.4 Å². The molecule has 7 nitrogen and oxygen atoms in total. The van der Waals surface area contributed by atoms with Gasteiger partial charge >= 0.3 is 5.97 Å². The number of carboxylic acid groups (broad SMARTS) is 1. The van der Waals surface area contributed by atoms with Crippen molar-refractivity contribution in [1.82, 2.24) is 20.1 Å². The molecule has 1 aromatic carbocycles. The van der Waals surface area contributed by atoms with E-state index in [1.807, 2.05) is 33.8 Å². The van der Waals surface area contributed by atoms with Gasteiger partial charge in [0, 0.05) is 36.0 Å². The fraction of sp³-hybridized carbons (Fsp3) is 0.423. The van der Waals surface area contributed by atoms with Crippen LogP contribution in [0, 0.1) is 38.9 Å². The van der Waals surface area contributed by atoms with Crippen LogP contribution in [0.4, 0.5) is 16.0 Å². The smallest absolute Gasteiger partial charge is 0.310 e. The van der Waals surface area contributed by atoms with E-state index in [4.69, 9.17) is 16.6 Å². The number of carboxylic acids is 1. The zero-order valence-corrected chi connectivity index (χ0v) is 21.3. The van der Waals surface area contributed by atoms with Crippen LogP contribution < -0.4 is 5.32 Å². The number of halogens is 2. The number of carbonyl (C=O) groups is 1. The highest BCUT2D eigenvalue weighted by atomic mass is 35.5. The Labute approximate surface area is 209 Å². The van der Waals surface area contributed by atoms with Crippen LogP contribution in [-0.2, 0) is 17.8 Å². The van der Waals surface area contributed by atoms with Gasteiger partial charge in [0.25, 0.3) is 0 Å². The second-order valence-corrected chi connectivity index (χ2v) is 10.0. The van der Waals surface area contributed by atoms with Gasteiger partial charge in [0.2, 0.25) is 0 Å². The summed E-state index contributed by atoms with van der Waals surface area (Å²) in [7, 11) is 0. The van der Waals surface area contributed by atoms with Gasteiger partial charge in [-0.25, -0.2) is 9.37 Å². The number of anilines is 2. The van der Waals surface area contributed by atoms with Crippen molar-refractivity contribution in [3.63, 3.8) is 0 Å². The minimum Gasteiger partial charge on any atom is -0.481 e. The van der Waals surface area contributed by atoms with Crippen LogP contribution in [0.2, 0.25) is 5.02 Å². The predicted octanol–water partition coefficient (Wildman–Crippen LogP) is 5.48. The number of nitrogens with one attached hydrogen (secondary N) is 2.